The van der Waals surface area contributed by atoms with Crippen molar-refractivity contribution in [1.82, 2.24) is 0 Å². The van der Waals surface area contributed by atoms with Gasteiger partial charge in [0.15, 0.2) is 6.10 Å². The first-order valence-electron chi connectivity index (χ1n) is 25.1. The zero-order chi connectivity index (χ0) is 44.9. The Morgan fingerprint density at radius 3 is 1.21 bits per heavy atom. The second kappa shape index (κ2) is 51.6. The van der Waals surface area contributed by atoms with Crippen LogP contribution in [0.2, 0.25) is 0 Å². The number of rotatable bonds is 44. The summed E-state index contributed by atoms with van der Waals surface area (Å²) >= 11 is 0. The number of esters is 2. The molecule has 350 valence electrons. The number of hydrogen-bond donors (Lipinski definition) is 0. The minimum absolute atomic E-state index is 0.0318. The Hall–Kier alpha value is -3.70. The third-order valence-corrected chi connectivity index (χ3v) is 9.96. The second-order valence-corrected chi connectivity index (χ2v) is 15.9. The van der Waals surface area contributed by atoms with Crippen molar-refractivity contribution in [3.63, 3.8) is 0 Å². The lowest BCUT2D eigenvalue weighted by Gasteiger charge is -2.18. The Morgan fingerprint density at radius 2 is 0.742 bits per heavy atom. The summed E-state index contributed by atoms with van der Waals surface area (Å²) in [5, 5.41) is 0. The van der Waals surface area contributed by atoms with E-state index in [1.807, 2.05) is 0 Å². The van der Waals surface area contributed by atoms with Gasteiger partial charge in [0.1, 0.15) is 6.61 Å². The first-order valence-corrected chi connectivity index (χ1v) is 25.1. The van der Waals surface area contributed by atoms with E-state index in [0.29, 0.717) is 19.4 Å². The Labute approximate surface area is 382 Å². The highest BCUT2D eigenvalue weighted by Crippen LogP contribution is 2.11. The average molecular weight is 857 g/mol. The number of hydrogen-bond acceptors (Lipinski definition) is 5. The highest BCUT2D eigenvalue weighted by molar-refractivity contribution is 5.70. The summed E-state index contributed by atoms with van der Waals surface area (Å²) < 4.78 is 17.3. The maximum Gasteiger partial charge on any atom is 0.306 e. The summed E-state index contributed by atoms with van der Waals surface area (Å²) in [5.74, 6) is -0.514. The lowest BCUT2D eigenvalue weighted by atomic mass is 10.1. The fraction of sp³-hybridized carbons (Fsp3) is 0.614. The van der Waals surface area contributed by atoms with Crippen LogP contribution in [0.5, 0.6) is 0 Å². The summed E-state index contributed by atoms with van der Waals surface area (Å²) in [4.78, 5) is 25.3. The summed E-state index contributed by atoms with van der Waals surface area (Å²) in [6.45, 7) is 7.44. The summed E-state index contributed by atoms with van der Waals surface area (Å²) in [5.41, 5.74) is 0. The molecule has 5 nitrogen and oxygen atoms in total. The predicted molar refractivity (Wildman–Crippen MR) is 269 cm³/mol. The van der Waals surface area contributed by atoms with E-state index in [1.165, 1.54) is 51.4 Å². The highest BCUT2D eigenvalue weighted by Gasteiger charge is 2.17. The van der Waals surface area contributed by atoms with Crippen molar-refractivity contribution in [2.45, 2.75) is 207 Å². The molecule has 0 amide bonds. The smallest absolute Gasteiger partial charge is 0.306 e. The van der Waals surface area contributed by atoms with Crippen LogP contribution >= 0.6 is 0 Å². The molecule has 0 saturated heterocycles. The summed E-state index contributed by atoms with van der Waals surface area (Å²) in [7, 11) is 0. The van der Waals surface area contributed by atoms with Gasteiger partial charge >= 0.3 is 11.9 Å². The molecule has 0 aromatic carbocycles. The first-order chi connectivity index (χ1) is 30.6. The van der Waals surface area contributed by atoms with Gasteiger partial charge < -0.3 is 14.2 Å². The molecule has 0 bridgehead atoms. The molecule has 0 heterocycles. The average Bonchev–Trinajstić information content (AvgIpc) is 3.27. The molecule has 5 heteroatoms. The van der Waals surface area contributed by atoms with Crippen LogP contribution in [-0.2, 0) is 23.8 Å². The zero-order valence-electron chi connectivity index (χ0n) is 40.1. The molecule has 0 aromatic heterocycles. The molecule has 0 saturated carbocycles. The largest absolute Gasteiger partial charge is 0.462 e. The Morgan fingerprint density at radius 1 is 0.371 bits per heavy atom. The van der Waals surface area contributed by atoms with Gasteiger partial charge in [-0.1, -0.05) is 187 Å². The van der Waals surface area contributed by atoms with Gasteiger partial charge in [0.2, 0.25) is 0 Å². The molecule has 0 aliphatic rings. The van der Waals surface area contributed by atoms with E-state index in [4.69, 9.17) is 14.2 Å². The van der Waals surface area contributed by atoms with Crippen LogP contribution in [-0.4, -0.2) is 37.9 Å². The van der Waals surface area contributed by atoms with Crippen LogP contribution in [0, 0.1) is 0 Å². The van der Waals surface area contributed by atoms with Gasteiger partial charge in [0.25, 0.3) is 0 Å². The van der Waals surface area contributed by atoms with E-state index in [9.17, 15) is 9.59 Å². The molecule has 0 N–H and O–H groups in total. The van der Waals surface area contributed by atoms with Gasteiger partial charge in [0, 0.05) is 19.4 Å². The third kappa shape index (κ3) is 49.0. The van der Waals surface area contributed by atoms with E-state index in [2.05, 4.69) is 142 Å². The lowest BCUT2D eigenvalue weighted by Crippen LogP contribution is -2.30. The van der Waals surface area contributed by atoms with E-state index in [0.717, 1.165) is 116 Å². The number of carbonyl (C=O) groups excluding carboxylic acids is 2. The standard InChI is InChI=1S/C57H92O5/c1-4-7-10-13-16-19-22-25-27-29-30-33-35-38-41-44-47-50-56(58)61-54-55(62-57(59)51-48-45-42-39-36-32-24-21-18-15-12-9-6-3)53-60-52-49-46-43-40-37-34-31-28-26-23-20-17-14-11-8-5-2/h7,9-10,12,16-21,25-28,30,32-33,36,38,41,55H,4-6,8,11,13-15,22-24,29,31,34-35,37,39-40,42-54H2,1-3H3/b10-7-,12-9-,19-16-,20-17-,21-18-,27-25-,28-26-,33-30-,36-32-,41-38-. The van der Waals surface area contributed by atoms with Crippen LogP contribution in [0.25, 0.3) is 0 Å². The highest BCUT2D eigenvalue weighted by atomic mass is 16.6. The van der Waals surface area contributed by atoms with Crippen molar-refractivity contribution >= 4 is 11.9 Å². The van der Waals surface area contributed by atoms with Gasteiger partial charge in [-0.05, 0) is 122 Å². The van der Waals surface area contributed by atoms with Gasteiger partial charge in [0.05, 0.1) is 6.61 Å². The maximum absolute atomic E-state index is 12.8. The quantitative estimate of drug-likeness (QED) is 0.0347. The van der Waals surface area contributed by atoms with Crippen LogP contribution in [0.3, 0.4) is 0 Å². The topological polar surface area (TPSA) is 61.8 Å². The third-order valence-electron chi connectivity index (χ3n) is 9.96. The fourth-order valence-electron chi connectivity index (χ4n) is 6.29. The van der Waals surface area contributed by atoms with Crippen molar-refractivity contribution in [3.05, 3.63) is 122 Å². The molecule has 1 atom stereocenters. The predicted octanol–water partition coefficient (Wildman–Crippen LogP) is 17.0. The van der Waals surface area contributed by atoms with Gasteiger partial charge in [-0.2, -0.15) is 0 Å². The summed E-state index contributed by atoms with van der Waals surface area (Å²) in [6, 6.07) is 0. The van der Waals surface area contributed by atoms with Crippen LogP contribution in [0.1, 0.15) is 201 Å². The van der Waals surface area contributed by atoms with Crippen LogP contribution in [0.4, 0.5) is 0 Å². The van der Waals surface area contributed by atoms with E-state index >= 15 is 0 Å². The number of ether oxygens (including phenoxy) is 3. The second-order valence-electron chi connectivity index (χ2n) is 15.9. The zero-order valence-corrected chi connectivity index (χ0v) is 40.1. The molecule has 0 aromatic rings. The monoisotopic (exact) mass is 857 g/mol. The normalized spacial score (nSPS) is 13.3. The molecule has 0 radical (unpaired) electrons. The van der Waals surface area contributed by atoms with Crippen LogP contribution < -0.4 is 0 Å². The molecule has 62 heavy (non-hydrogen) atoms. The van der Waals surface area contributed by atoms with E-state index in [1.54, 1.807) is 0 Å². The SMILES string of the molecule is CC/C=C\C/C=C\C/C=C\C/C=C\C/C=C\CCCC(=O)OCC(COCCCCCCCC/C=C\C/C=C\CCCCC)OC(=O)CCCCC/C=C\C/C=C\C/C=C\CC. The fourth-order valence-corrected chi connectivity index (χ4v) is 6.29. The maximum atomic E-state index is 12.8. The Kier molecular flexibility index (Phi) is 48.6. The van der Waals surface area contributed by atoms with Gasteiger partial charge in [-0.25, -0.2) is 0 Å². The van der Waals surface area contributed by atoms with Crippen molar-refractivity contribution in [2.24, 2.45) is 0 Å². The van der Waals surface area contributed by atoms with Crippen molar-refractivity contribution in [2.75, 3.05) is 19.8 Å². The molecule has 1 unspecified atom stereocenters. The first kappa shape index (κ1) is 58.3. The van der Waals surface area contributed by atoms with Gasteiger partial charge in [-0.15, -0.1) is 0 Å². The minimum atomic E-state index is -0.588. The minimum Gasteiger partial charge on any atom is -0.462 e. The molecule has 0 aliphatic carbocycles. The number of allylic oxidation sites excluding steroid dienone is 20. The molecular formula is C57H92O5. The molecule has 0 rings (SSSR count). The van der Waals surface area contributed by atoms with E-state index in [-0.39, 0.29) is 25.2 Å². The number of unbranched alkanes of at least 4 members (excludes halogenated alkanes) is 13. The molecular weight excluding hydrogens is 765 g/mol. The summed E-state index contributed by atoms with van der Waals surface area (Å²) in [6.07, 6.45) is 72.1. The van der Waals surface area contributed by atoms with Crippen molar-refractivity contribution in [3.8, 4) is 0 Å². The molecule has 0 aliphatic heterocycles. The number of carbonyl (C=O) groups is 2. The van der Waals surface area contributed by atoms with E-state index < -0.39 is 6.10 Å². The van der Waals surface area contributed by atoms with Crippen molar-refractivity contribution < 1.29 is 23.8 Å². The van der Waals surface area contributed by atoms with Gasteiger partial charge in [-0.3, -0.25) is 9.59 Å². The Balaban J connectivity index is 4.44. The van der Waals surface area contributed by atoms with Crippen LogP contribution in [0.15, 0.2) is 122 Å². The Bertz CT molecular complexity index is 1290. The molecule has 0 fully saturated rings. The van der Waals surface area contributed by atoms with Crippen molar-refractivity contribution in [1.29, 1.82) is 0 Å². The lowest BCUT2D eigenvalue weighted by molar-refractivity contribution is -0.163. The molecule has 0 spiro atoms.